The monoisotopic (exact) mass is 675 g/mol. The Morgan fingerprint density at radius 1 is 1.13 bits per heavy atom. The number of para-hydroxylation sites is 1. The van der Waals surface area contributed by atoms with Crippen molar-refractivity contribution in [3.63, 3.8) is 0 Å². The minimum absolute atomic E-state index is 0.146. The highest BCUT2D eigenvalue weighted by Gasteiger charge is 2.42. The summed E-state index contributed by atoms with van der Waals surface area (Å²) in [6, 6.07) is 12.9. The van der Waals surface area contributed by atoms with Gasteiger partial charge in [-0.25, -0.2) is 9.78 Å². The topological polar surface area (TPSA) is 121 Å². The number of benzene rings is 2. The summed E-state index contributed by atoms with van der Waals surface area (Å²) < 4.78 is 26.0. The molecule has 0 unspecified atom stereocenters. The van der Waals surface area contributed by atoms with Gasteiger partial charge in [-0.3, -0.25) is 14.9 Å². The van der Waals surface area contributed by atoms with Gasteiger partial charge in [0.1, 0.15) is 29.4 Å². The minimum Gasteiger partial charge on any atom is -0.489 e. The number of halogens is 1. The SMILES string of the molecule is COCCOc1cc(C(=O)O)cc2c1nc(CN1CCC(c3cccc4c3O[C@](C)(c3ccc(Cl)cn3)O4)CC1)n2Cc1cncs1. The number of ether oxygens (including phenoxy) is 4. The van der Waals surface area contributed by atoms with Crippen molar-refractivity contribution in [2.75, 3.05) is 33.4 Å². The lowest BCUT2D eigenvalue weighted by molar-refractivity contribution is -0.0722. The molecule has 244 valence electrons. The third kappa shape index (κ3) is 6.38. The first-order valence-corrected chi connectivity index (χ1v) is 16.7. The Labute approximate surface area is 280 Å². The van der Waals surface area contributed by atoms with Crippen LogP contribution in [-0.4, -0.2) is 68.9 Å². The van der Waals surface area contributed by atoms with Gasteiger partial charge in [0.05, 0.1) is 41.3 Å². The van der Waals surface area contributed by atoms with E-state index in [1.807, 2.05) is 31.3 Å². The van der Waals surface area contributed by atoms with Crippen LogP contribution >= 0.6 is 22.9 Å². The van der Waals surface area contributed by atoms with Crippen molar-refractivity contribution < 1.29 is 28.8 Å². The quantitative estimate of drug-likeness (QED) is 0.159. The molecule has 1 fully saturated rings. The Bertz CT molecular complexity index is 1890. The third-order valence-electron chi connectivity index (χ3n) is 8.68. The van der Waals surface area contributed by atoms with Crippen LogP contribution in [0.3, 0.4) is 0 Å². The molecule has 2 aliphatic heterocycles. The molecule has 11 nitrogen and oxygen atoms in total. The van der Waals surface area contributed by atoms with Gasteiger partial charge in [-0.05, 0) is 62.2 Å². The molecular formula is C34H34ClN5O6S. The number of carbonyl (C=O) groups is 1. The van der Waals surface area contributed by atoms with Crippen molar-refractivity contribution in [3.8, 4) is 17.2 Å². The summed E-state index contributed by atoms with van der Waals surface area (Å²) in [6.07, 6.45) is 5.29. The summed E-state index contributed by atoms with van der Waals surface area (Å²) >= 11 is 7.62. The standard InChI is InChI=1S/C34H34ClN5O6S/c1-34(29-7-6-23(35)16-37-29)45-27-5-3-4-25(32(27)46-34)21-8-10-39(11-9-21)19-30-38-31-26(40(30)18-24-17-36-20-47-24)14-22(33(41)42)15-28(31)44-13-12-43-2/h3-7,14-17,20-21H,8-13,18-19H2,1-2H3,(H,41,42)/t34-/m1/s1. The van der Waals surface area contributed by atoms with E-state index in [2.05, 4.69) is 25.5 Å². The van der Waals surface area contributed by atoms with E-state index in [1.165, 1.54) is 6.07 Å². The maximum absolute atomic E-state index is 12.1. The largest absolute Gasteiger partial charge is 0.489 e. The van der Waals surface area contributed by atoms with Crippen molar-refractivity contribution in [2.45, 2.75) is 44.6 Å². The molecule has 0 radical (unpaired) electrons. The molecule has 1 saturated heterocycles. The number of pyridine rings is 1. The lowest BCUT2D eigenvalue weighted by Crippen LogP contribution is -2.34. The van der Waals surface area contributed by atoms with Crippen LogP contribution in [0, 0.1) is 0 Å². The van der Waals surface area contributed by atoms with E-state index in [4.69, 9.17) is 35.5 Å². The highest BCUT2D eigenvalue weighted by molar-refractivity contribution is 7.09. The van der Waals surface area contributed by atoms with E-state index in [9.17, 15) is 9.90 Å². The Kier molecular flexibility index (Phi) is 8.75. The van der Waals surface area contributed by atoms with E-state index in [1.54, 1.807) is 42.3 Å². The van der Waals surface area contributed by atoms with Gasteiger partial charge >= 0.3 is 5.97 Å². The number of nitrogens with zero attached hydrogens (tertiary/aromatic N) is 5. The summed E-state index contributed by atoms with van der Waals surface area (Å²) in [5.74, 6) is 0.991. The molecule has 47 heavy (non-hydrogen) atoms. The van der Waals surface area contributed by atoms with Crippen molar-refractivity contribution in [3.05, 3.63) is 92.9 Å². The van der Waals surface area contributed by atoms with Gasteiger partial charge in [0, 0.05) is 36.9 Å². The molecule has 2 aliphatic rings. The van der Waals surface area contributed by atoms with E-state index in [0.717, 1.165) is 47.9 Å². The zero-order valence-electron chi connectivity index (χ0n) is 26.0. The summed E-state index contributed by atoms with van der Waals surface area (Å²) in [4.78, 5) is 29.2. The Balaban J connectivity index is 1.12. The lowest BCUT2D eigenvalue weighted by atomic mass is 9.88. The van der Waals surface area contributed by atoms with Gasteiger partial charge in [-0.15, -0.1) is 11.3 Å². The second-order valence-electron chi connectivity index (χ2n) is 11.8. The molecule has 0 bridgehead atoms. The second kappa shape index (κ2) is 13.1. The molecule has 0 saturated carbocycles. The molecule has 1 N–H and O–H groups in total. The zero-order chi connectivity index (χ0) is 32.5. The zero-order valence-corrected chi connectivity index (χ0v) is 27.6. The summed E-state index contributed by atoms with van der Waals surface area (Å²) in [5.41, 5.74) is 5.08. The number of aromatic carboxylic acids is 1. The molecule has 5 aromatic rings. The highest BCUT2D eigenvalue weighted by Crippen LogP contribution is 2.49. The number of aromatic nitrogens is 4. The van der Waals surface area contributed by atoms with Gasteiger partial charge in [-0.1, -0.05) is 23.7 Å². The molecule has 1 atom stereocenters. The van der Waals surface area contributed by atoms with Gasteiger partial charge in [0.2, 0.25) is 0 Å². The van der Waals surface area contributed by atoms with Crippen LogP contribution in [0.15, 0.2) is 60.4 Å². The maximum Gasteiger partial charge on any atom is 0.335 e. The molecule has 0 spiro atoms. The number of carboxylic acid groups (broad SMARTS) is 1. The molecule has 3 aromatic heterocycles. The van der Waals surface area contributed by atoms with Crippen molar-refractivity contribution >= 4 is 39.9 Å². The fraction of sp³-hybridized carbons (Fsp3) is 0.353. The van der Waals surface area contributed by atoms with Crippen LogP contribution in [0.2, 0.25) is 5.02 Å². The number of imidazole rings is 1. The summed E-state index contributed by atoms with van der Waals surface area (Å²) in [6.45, 7) is 5.38. The van der Waals surface area contributed by atoms with Crippen LogP contribution in [-0.2, 0) is 23.6 Å². The Morgan fingerprint density at radius 3 is 2.70 bits per heavy atom. The van der Waals surface area contributed by atoms with Crippen LogP contribution < -0.4 is 14.2 Å². The van der Waals surface area contributed by atoms with E-state index in [-0.39, 0.29) is 12.2 Å². The van der Waals surface area contributed by atoms with Crippen molar-refractivity contribution in [1.29, 1.82) is 0 Å². The number of methoxy groups -OCH3 is 1. The van der Waals surface area contributed by atoms with Crippen LogP contribution in [0.5, 0.6) is 17.2 Å². The fourth-order valence-corrected chi connectivity index (χ4v) is 7.00. The molecule has 13 heteroatoms. The smallest absolute Gasteiger partial charge is 0.335 e. The van der Waals surface area contributed by atoms with E-state index < -0.39 is 11.8 Å². The molecule has 0 aliphatic carbocycles. The van der Waals surface area contributed by atoms with Crippen molar-refractivity contribution in [1.82, 2.24) is 24.4 Å². The van der Waals surface area contributed by atoms with Gasteiger partial charge in [0.25, 0.3) is 5.79 Å². The number of hydrogen-bond acceptors (Lipinski definition) is 10. The molecule has 0 amide bonds. The van der Waals surface area contributed by atoms with E-state index in [0.29, 0.717) is 58.9 Å². The predicted molar refractivity (Wildman–Crippen MR) is 177 cm³/mol. The second-order valence-corrected chi connectivity index (χ2v) is 13.2. The normalized spacial score (nSPS) is 18.2. The predicted octanol–water partition coefficient (Wildman–Crippen LogP) is 6.34. The maximum atomic E-state index is 12.1. The first-order chi connectivity index (χ1) is 22.8. The van der Waals surface area contributed by atoms with Gasteiger partial charge < -0.3 is 28.6 Å². The summed E-state index contributed by atoms with van der Waals surface area (Å²) in [5, 5.41) is 10.4. The molecule has 2 aromatic carbocycles. The number of carboxylic acids is 1. The average molecular weight is 676 g/mol. The number of rotatable bonds is 11. The number of thiazole rings is 1. The lowest BCUT2D eigenvalue weighted by Gasteiger charge is -2.32. The van der Waals surface area contributed by atoms with Gasteiger partial charge in [0.15, 0.2) is 11.5 Å². The highest BCUT2D eigenvalue weighted by atomic mass is 35.5. The average Bonchev–Trinajstić information content (AvgIpc) is 3.80. The number of likely N-dealkylation sites (tertiary alicyclic amines) is 1. The minimum atomic E-state index is -1.03. The number of fused-ring (bicyclic) bond motifs is 2. The van der Waals surface area contributed by atoms with Crippen molar-refractivity contribution in [2.24, 2.45) is 0 Å². The van der Waals surface area contributed by atoms with Gasteiger partial charge in [-0.2, -0.15) is 0 Å². The first-order valence-electron chi connectivity index (χ1n) is 15.4. The number of hydrogen-bond donors (Lipinski definition) is 1. The third-order valence-corrected chi connectivity index (χ3v) is 9.67. The van der Waals surface area contributed by atoms with Crippen LogP contribution in [0.25, 0.3) is 11.0 Å². The molecule has 5 heterocycles. The van der Waals surface area contributed by atoms with Crippen LogP contribution in [0.4, 0.5) is 0 Å². The molecule has 7 rings (SSSR count). The Morgan fingerprint density at radius 2 is 1.98 bits per heavy atom. The first kappa shape index (κ1) is 31.4. The molecular weight excluding hydrogens is 642 g/mol. The fourth-order valence-electron chi connectivity index (χ4n) is 6.30. The summed E-state index contributed by atoms with van der Waals surface area (Å²) in [7, 11) is 1.60. The van der Waals surface area contributed by atoms with Crippen LogP contribution in [0.1, 0.15) is 58.0 Å². The van der Waals surface area contributed by atoms with E-state index >= 15 is 0 Å². The Hall–Kier alpha value is -4.23. The number of piperidine rings is 1.